The third-order valence-electron chi connectivity index (χ3n) is 3.17. The lowest BCUT2D eigenvalue weighted by atomic mass is 10.2. The van der Waals surface area contributed by atoms with Crippen LogP contribution in [0.3, 0.4) is 0 Å². The molecular formula is C15H9FN4S. The fraction of sp³-hybridized carbons (Fsp3) is 0. The van der Waals surface area contributed by atoms with Gasteiger partial charge in [-0.2, -0.15) is 0 Å². The summed E-state index contributed by atoms with van der Waals surface area (Å²) in [6.45, 7) is 0. The van der Waals surface area contributed by atoms with Gasteiger partial charge in [-0.25, -0.2) is 19.3 Å². The van der Waals surface area contributed by atoms with Gasteiger partial charge in [0, 0.05) is 17.3 Å². The molecule has 0 spiro atoms. The van der Waals surface area contributed by atoms with E-state index in [1.807, 2.05) is 16.8 Å². The van der Waals surface area contributed by atoms with Crippen molar-refractivity contribution in [3.8, 4) is 16.3 Å². The quantitative estimate of drug-likeness (QED) is 0.566. The number of hydrogen-bond donors (Lipinski definition) is 0. The Kier molecular flexibility index (Phi) is 2.75. The first-order chi connectivity index (χ1) is 10.3. The van der Waals surface area contributed by atoms with Crippen LogP contribution >= 0.6 is 11.3 Å². The van der Waals surface area contributed by atoms with Gasteiger partial charge in [0.05, 0.1) is 10.2 Å². The van der Waals surface area contributed by atoms with E-state index in [4.69, 9.17) is 0 Å². The lowest BCUT2D eigenvalue weighted by Crippen LogP contribution is -1.94. The molecule has 1 aromatic carbocycles. The van der Waals surface area contributed by atoms with Gasteiger partial charge in [0.25, 0.3) is 0 Å². The molecule has 0 saturated carbocycles. The Bertz CT molecular complexity index is 897. The van der Waals surface area contributed by atoms with Crippen molar-refractivity contribution in [3.63, 3.8) is 0 Å². The summed E-state index contributed by atoms with van der Waals surface area (Å²) in [4.78, 5) is 13.7. The molecule has 0 N–H and O–H groups in total. The number of nitrogens with zero attached hydrogens (tertiary/aromatic N) is 4. The molecule has 0 radical (unpaired) electrons. The van der Waals surface area contributed by atoms with Crippen LogP contribution in [0.25, 0.3) is 26.5 Å². The SMILES string of the molecule is Fc1ccc(-c2cc3ncnc(-n4ccnc4)c3s2)cc1. The molecular weight excluding hydrogens is 287 g/mol. The lowest BCUT2D eigenvalue weighted by Gasteiger charge is -2.00. The normalized spacial score (nSPS) is 11.1. The van der Waals surface area contributed by atoms with Crippen LogP contribution < -0.4 is 0 Å². The van der Waals surface area contributed by atoms with Crippen molar-refractivity contribution in [2.24, 2.45) is 0 Å². The van der Waals surface area contributed by atoms with Crippen LogP contribution in [0.5, 0.6) is 0 Å². The predicted octanol–water partition coefficient (Wildman–Crippen LogP) is 3.68. The van der Waals surface area contributed by atoms with E-state index in [1.54, 1.807) is 42.3 Å². The summed E-state index contributed by atoms with van der Waals surface area (Å²) in [7, 11) is 0. The van der Waals surface area contributed by atoms with E-state index in [1.165, 1.54) is 12.1 Å². The minimum Gasteiger partial charge on any atom is -0.289 e. The van der Waals surface area contributed by atoms with Crippen LogP contribution in [-0.2, 0) is 0 Å². The maximum Gasteiger partial charge on any atom is 0.159 e. The number of rotatable bonds is 2. The number of thiophene rings is 1. The highest BCUT2D eigenvalue weighted by atomic mass is 32.1. The molecule has 3 heterocycles. The Morgan fingerprint density at radius 3 is 2.71 bits per heavy atom. The number of aromatic nitrogens is 4. The lowest BCUT2D eigenvalue weighted by molar-refractivity contribution is 0.628. The third kappa shape index (κ3) is 2.09. The zero-order valence-corrected chi connectivity index (χ0v) is 11.6. The standard InChI is InChI=1S/C15H9FN4S/c16-11-3-1-10(2-4-11)13-7-12-14(21-13)15(19-8-18-12)20-6-5-17-9-20/h1-9H. The van der Waals surface area contributed by atoms with Crippen LogP contribution in [0.2, 0.25) is 0 Å². The van der Waals surface area contributed by atoms with Gasteiger partial charge in [-0.1, -0.05) is 12.1 Å². The summed E-state index contributed by atoms with van der Waals surface area (Å²) in [6, 6.07) is 8.45. The molecule has 0 aliphatic rings. The summed E-state index contributed by atoms with van der Waals surface area (Å²) in [5.74, 6) is 0.564. The van der Waals surface area contributed by atoms with Gasteiger partial charge in [0.2, 0.25) is 0 Å². The molecule has 3 aromatic heterocycles. The molecule has 0 fully saturated rings. The van der Waals surface area contributed by atoms with Crippen molar-refractivity contribution < 1.29 is 4.39 Å². The van der Waals surface area contributed by atoms with E-state index in [9.17, 15) is 4.39 Å². The highest BCUT2D eigenvalue weighted by molar-refractivity contribution is 7.22. The van der Waals surface area contributed by atoms with Gasteiger partial charge >= 0.3 is 0 Å². The van der Waals surface area contributed by atoms with Gasteiger partial charge in [-0.3, -0.25) is 4.57 Å². The van der Waals surface area contributed by atoms with E-state index in [0.29, 0.717) is 0 Å². The second kappa shape index (κ2) is 4.75. The molecule has 102 valence electrons. The average molecular weight is 296 g/mol. The monoisotopic (exact) mass is 296 g/mol. The summed E-state index contributed by atoms with van der Waals surface area (Å²) in [5, 5.41) is 0. The molecule has 4 rings (SSSR count). The molecule has 6 heteroatoms. The fourth-order valence-electron chi connectivity index (χ4n) is 2.17. The fourth-order valence-corrected chi connectivity index (χ4v) is 3.28. The van der Waals surface area contributed by atoms with Crippen molar-refractivity contribution in [1.29, 1.82) is 0 Å². The number of halogens is 1. The van der Waals surface area contributed by atoms with E-state index >= 15 is 0 Å². The van der Waals surface area contributed by atoms with Crippen LogP contribution in [0.4, 0.5) is 4.39 Å². The third-order valence-corrected chi connectivity index (χ3v) is 4.34. The predicted molar refractivity (Wildman–Crippen MR) is 79.9 cm³/mol. The Hall–Kier alpha value is -2.60. The summed E-state index contributed by atoms with van der Waals surface area (Å²) in [5.41, 5.74) is 1.84. The Morgan fingerprint density at radius 2 is 1.95 bits per heavy atom. The van der Waals surface area contributed by atoms with Gasteiger partial charge in [-0.15, -0.1) is 11.3 Å². The Labute approximate surface area is 123 Å². The zero-order chi connectivity index (χ0) is 14.2. The molecule has 0 unspecified atom stereocenters. The second-order valence-corrected chi connectivity index (χ2v) is 5.55. The highest BCUT2D eigenvalue weighted by Crippen LogP contribution is 2.34. The Morgan fingerprint density at radius 1 is 1.10 bits per heavy atom. The molecule has 0 saturated heterocycles. The van der Waals surface area contributed by atoms with Crippen molar-refractivity contribution >= 4 is 21.6 Å². The number of benzene rings is 1. The minimum atomic E-state index is -0.237. The number of fused-ring (bicyclic) bond motifs is 1. The van der Waals surface area contributed by atoms with Gasteiger partial charge in [-0.05, 0) is 23.8 Å². The van der Waals surface area contributed by atoms with E-state index < -0.39 is 0 Å². The zero-order valence-electron chi connectivity index (χ0n) is 10.8. The van der Waals surface area contributed by atoms with Crippen LogP contribution in [0, 0.1) is 5.82 Å². The van der Waals surface area contributed by atoms with Crippen molar-refractivity contribution in [3.05, 3.63) is 61.2 Å². The average Bonchev–Trinajstić information content (AvgIpc) is 3.17. The molecule has 0 aliphatic carbocycles. The van der Waals surface area contributed by atoms with Crippen molar-refractivity contribution in [1.82, 2.24) is 19.5 Å². The molecule has 0 aliphatic heterocycles. The first kappa shape index (κ1) is 12.2. The number of imidazole rings is 1. The summed E-state index contributed by atoms with van der Waals surface area (Å²) < 4.78 is 15.9. The molecule has 0 atom stereocenters. The smallest absolute Gasteiger partial charge is 0.159 e. The van der Waals surface area contributed by atoms with Crippen LogP contribution in [0.15, 0.2) is 55.4 Å². The maximum absolute atomic E-state index is 13.0. The van der Waals surface area contributed by atoms with Gasteiger partial charge < -0.3 is 0 Å². The van der Waals surface area contributed by atoms with Gasteiger partial charge in [0.1, 0.15) is 18.5 Å². The topological polar surface area (TPSA) is 43.6 Å². The molecule has 4 aromatic rings. The van der Waals surface area contributed by atoms with Crippen LogP contribution in [0.1, 0.15) is 0 Å². The molecule has 4 nitrogen and oxygen atoms in total. The second-order valence-electron chi connectivity index (χ2n) is 4.50. The van der Waals surface area contributed by atoms with Crippen LogP contribution in [-0.4, -0.2) is 19.5 Å². The van der Waals surface area contributed by atoms with E-state index in [-0.39, 0.29) is 5.82 Å². The maximum atomic E-state index is 13.0. The molecule has 21 heavy (non-hydrogen) atoms. The summed E-state index contributed by atoms with van der Waals surface area (Å²) in [6.07, 6.45) is 6.80. The molecule has 0 bridgehead atoms. The van der Waals surface area contributed by atoms with Crippen molar-refractivity contribution in [2.75, 3.05) is 0 Å². The Balaban J connectivity index is 1.90. The van der Waals surface area contributed by atoms with E-state index in [2.05, 4.69) is 15.0 Å². The van der Waals surface area contributed by atoms with Gasteiger partial charge in [0.15, 0.2) is 5.82 Å². The summed E-state index contributed by atoms with van der Waals surface area (Å²) >= 11 is 1.59. The van der Waals surface area contributed by atoms with E-state index in [0.717, 1.165) is 26.5 Å². The highest BCUT2D eigenvalue weighted by Gasteiger charge is 2.11. The minimum absolute atomic E-state index is 0.237. The largest absolute Gasteiger partial charge is 0.289 e. The number of hydrogen-bond acceptors (Lipinski definition) is 4. The first-order valence-corrected chi connectivity index (χ1v) is 7.12. The first-order valence-electron chi connectivity index (χ1n) is 6.30. The van der Waals surface area contributed by atoms with Crippen molar-refractivity contribution in [2.45, 2.75) is 0 Å². The molecule has 0 amide bonds.